The fourth-order valence-electron chi connectivity index (χ4n) is 2.88. The van der Waals surface area contributed by atoms with Crippen molar-refractivity contribution in [2.24, 2.45) is 0 Å². The van der Waals surface area contributed by atoms with Crippen LogP contribution in [0.25, 0.3) is 0 Å². The SMILES string of the molecule is Cc1ccccc1OCC(=O)N1CCN(C(=O)c2ccc(F)cc2)CC1. The number of nitrogens with zero attached hydrogens (tertiary/aromatic N) is 2. The second kappa shape index (κ2) is 7.99. The lowest BCUT2D eigenvalue weighted by Gasteiger charge is -2.34. The molecule has 0 bridgehead atoms. The first-order valence-corrected chi connectivity index (χ1v) is 8.55. The predicted octanol–water partition coefficient (Wildman–Crippen LogP) is 2.50. The van der Waals surface area contributed by atoms with Gasteiger partial charge >= 0.3 is 0 Å². The van der Waals surface area contributed by atoms with Crippen LogP contribution in [0.2, 0.25) is 0 Å². The summed E-state index contributed by atoms with van der Waals surface area (Å²) in [5, 5.41) is 0. The molecule has 3 rings (SSSR count). The standard InChI is InChI=1S/C20H21FN2O3/c1-15-4-2-3-5-18(15)26-14-19(24)22-10-12-23(13-11-22)20(25)16-6-8-17(21)9-7-16/h2-9H,10-14H2,1H3. The van der Waals surface area contributed by atoms with E-state index in [0.29, 0.717) is 37.5 Å². The second-order valence-electron chi connectivity index (χ2n) is 6.23. The summed E-state index contributed by atoms with van der Waals surface area (Å²) in [6.45, 7) is 3.74. The van der Waals surface area contributed by atoms with Crippen LogP contribution >= 0.6 is 0 Å². The minimum atomic E-state index is -0.370. The van der Waals surface area contributed by atoms with Crippen LogP contribution in [0.4, 0.5) is 4.39 Å². The van der Waals surface area contributed by atoms with Gasteiger partial charge in [0.2, 0.25) is 0 Å². The molecule has 0 N–H and O–H groups in total. The third-order valence-electron chi connectivity index (χ3n) is 4.46. The van der Waals surface area contributed by atoms with Crippen LogP contribution in [0.15, 0.2) is 48.5 Å². The first-order chi connectivity index (χ1) is 12.5. The number of carbonyl (C=O) groups excluding carboxylic acids is 2. The van der Waals surface area contributed by atoms with E-state index in [4.69, 9.17) is 4.74 Å². The maximum Gasteiger partial charge on any atom is 0.260 e. The fourth-order valence-corrected chi connectivity index (χ4v) is 2.88. The number of rotatable bonds is 4. The van der Waals surface area contributed by atoms with Crippen LogP contribution in [0, 0.1) is 12.7 Å². The van der Waals surface area contributed by atoms with Gasteiger partial charge in [-0.1, -0.05) is 18.2 Å². The highest BCUT2D eigenvalue weighted by Crippen LogP contribution is 2.16. The Morgan fingerprint density at radius 3 is 2.23 bits per heavy atom. The van der Waals surface area contributed by atoms with E-state index in [-0.39, 0.29) is 24.2 Å². The van der Waals surface area contributed by atoms with E-state index < -0.39 is 0 Å². The van der Waals surface area contributed by atoms with Gasteiger partial charge in [-0.15, -0.1) is 0 Å². The molecule has 2 aromatic carbocycles. The molecule has 0 atom stereocenters. The van der Waals surface area contributed by atoms with E-state index in [9.17, 15) is 14.0 Å². The van der Waals surface area contributed by atoms with Crippen molar-refractivity contribution in [2.75, 3.05) is 32.8 Å². The summed E-state index contributed by atoms with van der Waals surface area (Å²) in [4.78, 5) is 28.1. The Kier molecular flexibility index (Phi) is 5.51. The van der Waals surface area contributed by atoms with Gasteiger partial charge in [0.1, 0.15) is 11.6 Å². The molecule has 5 nitrogen and oxygen atoms in total. The van der Waals surface area contributed by atoms with Crippen molar-refractivity contribution in [3.8, 4) is 5.75 Å². The highest BCUT2D eigenvalue weighted by Gasteiger charge is 2.25. The molecule has 6 heteroatoms. The molecule has 26 heavy (non-hydrogen) atoms. The number of hydrogen-bond donors (Lipinski definition) is 0. The number of piperazine rings is 1. The lowest BCUT2D eigenvalue weighted by atomic mass is 10.2. The van der Waals surface area contributed by atoms with E-state index in [1.807, 2.05) is 31.2 Å². The molecule has 0 aromatic heterocycles. The maximum absolute atomic E-state index is 13.0. The van der Waals surface area contributed by atoms with Crippen molar-refractivity contribution < 1.29 is 18.7 Å². The fraction of sp³-hybridized carbons (Fsp3) is 0.300. The van der Waals surface area contributed by atoms with Crippen molar-refractivity contribution in [1.29, 1.82) is 0 Å². The van der Waals surface area contributed by atoms with Crippen LogP contribution in [-0.4, -0.2) is 54.4 Å². The summed E-state index contributed by atoms with van der Waals surface area (Å²) in [6, 6.07) is 13.1. The van der Waals surface area contributed by atoms with Crippen molar-refractivity contribution in [2.45, 2.75) is 6.92 Å². The molecule has 0 spiro atoms. The highest BCUT2D eigenvalue weighted by molar-refractivity contribution is 5.94. The zero-order valence-electron chi connectivity index (χ0n) is 14.7. The average Bonchev–Trinajstić information content (AvgIpc) is 2.67. The van der Waals surface area contributed by atoms with Crippen LogP contribution in [0.1, 0.15) is 15.9 Å². The summed E-state index contributed by atoms with van der Waals surface area (Å²) in [6.07, 6.45) is 0. The molecular weight excluding hydrogens is 335 g/mol. The number of halogens is 1. The number of ether oxygens (including phenoxy) is 1. The zero-order chi connectivity index (χ0) is 18.5. The van der Waals surface area contributed by atoms with Gasteiger partial charge in [-0.25, -0.2) is 4.39 Å². The number of carbonyl (C=O) groups is 2. The van der Waals surface area contributed by atoms with Crippen LogP contribution in [-0.2, 0) is 4.79 Å². The van der Waals surface area contributed by atoms with Crippen molar-refractivity contribution in [3.63, 3.8) is 0 Å². The van der Waals surface area contributed by atoms with Crippen molar-refractivity contribution >= 4 is 11.8 Å². The molecule has 2 amide bonds. The minimum Gasteiger partial charge on any atom is -0.484 e. The summed E-state index contributed by atoms with van der Waals surface area (Å²) in [7, 11) is 0. The summed E-state index contributed by atoms with van der Waals surface area (Å²) in [5.41, 5.74) is 1.43. The molecular formula is C20H21FN2O3. The highest BCUT2D eigenvalue weighted by atomic mass is 19.1. The smallest absolute Gasteiger partial charge is 0.260 e. The van der Waals surface area contributed by atoms with E-state index in [1.165, 1.54) is 24.3 Å². The Morgan fingerprint density at radius 1 is 0.962 bits per heavy atom. The van der Waals surface area contributed by atoms with E-state index in [2.05, 4.69) is 0 Å². The summed E-state index contributed by atoms with van der Waals surface area (Å²) < 4.78 is 18.6. The van der Waals surface area contributed by atoms with Gasteiger partial charge in [0.15, 0.2) is 6.61 Å². The van der Waals surface area contributed by atoms with Crippen LogP contribution in [0.5, 0.6) is 5.75 Å². The molecule has 1 fully saturated rings. The normalized spacial score (nSPS) is 14.2. The van der Waals surface area contributed by atoms with Gasteiger partial charge in [-0.05, 0) is 42.8 Å². The monoisotopic (exact) mass is 356 g/mol. The molecule has 2 aromatic rings. The van der Waals surface area contributed by atoms with E-state index in [1.54, 1.807) is 9.80 Å². The van der Waals surface area contributed by atoms with Gasteiger partial charge in [0.25, 0.3) is 11.8 Å². The molecule has 1 aliphatic heterocycles. The van der Waals surface area contributed by atoms with Crippen LogP contribution in [0.3, 0.4) is 0 Å². The Balaban J connectivity index is 1.50. The number of aryl methyl sites for hydroxylation is 1. The van der Waals surface area contributed by atoms with Gasteiger partial charge in [0, 0.05) is 31.7 Å². The van der Waals surface area contributed by atoms with E-state index in [0.717, 1.165) is 5.56 Å². The second-order valence-corrected chi connectivity index (χ2v) is 6.23. The Morgan fingerprint density at radius 2 is 1.58 bits per heavy atom. The van der Waals surface area contributed by atoms with Crippen molar-refractivity contribution in [3.05, 3.63) is 65.5 Å². The molecule has 0 saturated carbocycles. The van der Waals surface area contributed by atoms with Gasteiger partial charge in [-0.3, -0.25) is 9.59 Å². The third-order valence-corrected chi connectivity index (χ3v) is 4.46. The van der Waals surface area contributed by atoms with Gasteiger partial charge in [-0.2, -0.15) is 0 Å². The quantitative estimate of drug-likeness (QED) is 0.846. The molecule has 0 aliphatic carbocycles. The maximum atomic E-state index is 13.0. The predicted molar refractivity (Wildman–Crippen MR) is 95.6 cm³/mol. The number of benzene rings is 2. The van der Waals surface area contributed by atoms with Crippen LogP contribution < -0.4 is 4.74 Å². The average molecular weight is 356 g/mol. The van der Waals surface area contributed by atoms with E-state index >= 15 is 0 Å². The zero-order valence-corrected chi connectivity index (χ0v) is 14.7. The molecule has 0 unspecified atom stereocenters. The molecule has 0 radical (unpaired) electrons. The number of hydrogen-bond acceptors (Lipinski definition) is 3. The lowest BCUT2D eigenvalue weighted by Crippen LogP contribution is -2.51. The Hall–Kier alpha value is -2.89. The molecule has 1 heterocycles. The third kappa shape index (κ3) is 4.20. The van der Waals surface area contributed by atoms with Gasteiger partial charge in [0.05, 0.1) is 0 Å². The summed E-state index contributed by atoms with van der Waals surface area (Å²) in [5.74, 6) is 0.0898. The molecule has 136 valence electrons. The minimum absolute atomic E-state index is 0.0171. The first-order valence-electron chi connectivity index (χ1n) is 8.55. The number of amides is 2. The lowest BCUT2D eigenvalue weighted by molar-refractivity contribution is -0.134. The Labute approximate surface area is 152 Å². The largest absolute Gasteiger partial charge is 0.484 e. The van der Waals surface area contributed by atoms with Crippen molar-refractivity contribution in [1.82, 2.24) is 9.80 Å². The molecule has 1 saturated heterocycles. The first kappa shape index (κ1) is 17.9. The number of para-hydroxylation sites is 1. The van der Waals surface area contributed by atoms with Gasteiger partial charge < -0.3 is 14.5 Å². The topological polar surface area (TPSA) is 49.9 Å². The summed E-state index contributed by atoms with van der Waals surface area (Å²) >= 11 is 0. The molecule has 1 aliphatic rings. The Bertz CT molecular complexity index is 784.